The highest BCUT2D eigenvalue weighted by molar-refractivity contribution is 7.12. The molecule has 19 heavy (non-hydrogen) atoms. The molecule has 0 radical (unpaired) electrons. The molecule has 0 spiro atoms. The molecule has 0 atom stereocenters. The number of nitrogens with zero attached hydrogens (tertiary/aromatic N) is 2. The Morgan fingerprint density at radius 2 is 2.16 bits per heavy atom. The minimum absolute atomic E-state index is 0.0259. The van der Waals surface area contributed by atoms with Gasteiger partial charge in [-0.05, 0) is 26.0 Å². The molecular weight excluding hydrogens is 258 g/mol. The fourth-order valence-electron chi connectivity index (χ4n) is 1.78. The van der Waals surface area contributed by atoms with Gasteiger partial charge in [-0.25, -0.2) is 4.79 Å². The predicted molar refractivity (Wildman–Crippen MR) is 78.4 cm³/mol. The van der Waals surface area contributed by atoms with E-state index in [-0.39, 0.29) is 11.7 Å². The van der Waals surface area contributed by atoms with Crippen LogP contribution in [0.5, 0.6) is 0 Å². The van der Waals surface area contributed by atoms with Gasteiger partial charge in [0.25, 0.3) is 0 Å². The van der Waals surface area contributed by atoms with E-state index in [0.29, 0.717) is 13.1 Å². The van der Waals surface area contributed by atoms with Crippen LogP contribution >= 0.6 is 11.3 Å². The highest BCUT2D eigenvalue weighted by Gasteiger charge is 2.07. The quantitative estimate of drug-likeness (QED) is 0.866. The molecule has 0 saturated carbocycles. The molecule has 2 aromatic rings. The number of hydrogen-bond acceptors (Lipinski definition) is 3. The standard InChI is InChI=1S/C14H17N3OS/c1-11(2)17-9-8-16(14(17)18)10-13-6-5-12(19-13)4-3-7-15/h5-6,8-9,11H,7,10,15H2,1-2H3. The van der Waals surface area contributed by atoms with Crippen molar-refractivity contribution in [3.63, 3.8) is 0 Å². The lowest BCUT2D eigenvalue weighted by molar-refractivity contribution is 0.562. The third-order valence-electron chi connectivity index (χ3n) is 2.73. The van der Waals surface area contributed by atoms with Gasteiger partial charge in [0.1, 0.15) is 0 Å². The van der Waals surface area contributed by atoms with Crippen molar-refractivity contribution in [1.82, 2.24) is 9.13 Å². The second-order valence-corrected chi connectivity index (χ2v) is 5.65. The van der Waals surface area contributed by atoms with Crippen molar-refractivity contribution in [2.45, 2.75) is 26.4 Å². The summed E-state index contributed by atoms with van der Waals surface area (Å²) in [5.41, 5.74) is 5.37. The Morgan fingerprint density at radius 1 is 1.37 bits per heavy atom. The summed E-state index contributed by atoms with van der Waals surface area (Å²) in [5.74, 6) is 5.83. The Hall–Kier alpha value is -1.77. The average molecular weight is 275 g/mol. The van der Waals surface area contributed by atoms with Gasteiger partial charge >= 0.3 is 5.69 Å². The first kappa shape index (κ1) is 13.7. The van der Waals surface area contributed by atoms with Crippen LogP contribution in [-0.4, -0.2) is 15.7 Å². The first-order valence-corrected chi connectivity index (χ1v) is 6.98. The van der Waals surface area contributed by atoms with E-state index in [9.17, 15) is 4.79 Å². The predicted octanol–water partition coefficient (Wildman–Crippen LogP) is 1.65. The molecule has 5 heteroatoms. The maximum Gasteiger partial charge on any atom is 0.328 e. The molecule has 2 rings (SSSR count). The number of imidazole rings is 1. The van der Waals surface area contributed by atoms with Crippen LogP contribution in [0.2, 0.25) is 0 Å². The van der Waals surface area contributed by atoms with Crippen molar-refractivity contribution in [3.8, 4) is 11.8 Å². The molecule has 4 nitrogen and oxygen atoms in total. The SMILES string of the molecule is CC(C)n1ccn(Cc2ccc(C#CCN)s2)c1=O. The van der Waals surface area contributed by atoms with Crippen molar-refractivity contribution in [3.05, 3.63) is 44.8 Å². The van der Waals surface area contributed by atoms with Crippen molar-refractivity contribution in [1.29, 1.82) is 0 Å². The Morgan fingerprint density at radius 3 is 2.79 bits per heavy atom. The minimum atomic E-state index is 0.0259. The first-order chi connectivity index (χ1) is 9.11. The van der Waals surface area contributed by atoms with Gasteiger partial charge in [0.05, 0.1) is 18.0 Å². The van der Waals surface area contributed by atoms with Crippen LogP contribution in [0.3, 0.4) is 0 Å². The van der Waals surface area contributed by atoms with Gasteiger partial charge in [0.2, 0.25) is 0 Å². The normalized spacial score (nSPS) is 10.5. The fourth-order valence-corrected chi connectivity index (χ4v) is 2.66. The van der Waals surface area contributed by atoms with E-state index >= 15 is 0 Å². The maximum atomic E-state index is 12.1. The molecule has 2 aromatic heterocycles. The summed E-state index contributed by atoms with van der Waals surface area (Å²) >= 11 is 1.60. The molecule has 0 bridgehead atoms. The molecule has 0 saturated heterocycles. The van der Waals surface area contributed by atoms with Crippen molar-refractivity contribution >= 4 is 11.3 Å². The van der Waals surface area contributed by atoms with Gasteiger partial charge in [-0.15, -0.1) is 11.3 Å². The van der Waals surface area contributed by atoms with Crippen LogP contribution in [0.15, 0.2) is 29.3 Å². The molecule has 0 aliphatic heterocycles. The fraction of sp³-hybridized carbons (Fsp3) is 0.357. The van der Waals surface area contributed by atoms with Crippen LogP contribution in [0, 0.1) is 11.8 Å². The molecule has 2 N–H and O–H groups in total. The van der Waals surface area contributed by atoms with Crippen LogP contribution in [0.4, 0.5) is 0 Å². The number of hydrogen-bond donors (Lipinski definition) is 1. The zero-order valence-corrected chi connectivity index (χ0v) is 11.9. The Labute approximate surface area is 116 Å². The topological polar surface area (TPSA) is 52.9 Å². The third-order valence-corrected chi connectivity index (χ3v) is 3.72. The van der Waals surface area contributed by atoms with E-state index in [0.717, 1.165) is 9.75 Å². The van der Waals surface area contributed by atoms with Crippen molar-refractivity contribution in [2.24, 2.45) is 5.73 Å². The molecule has 0 fully saturated rings. The largest absolute Gasteiger partial charge is 0.328 e. The summed E-state index contributed by atoms with van der Waals surface area (Å²) in [6.45, 7) is 4.95. The Kier molecular flexibility index (Phi) is 4.25. The summed E-state index contributed by atoms with van der Waals surface area (Å²) in [6.07, 6.45) is 3.66. The van der Waals surface area contributed by atoms with Gasteiger partial charge in [-0.3, -0.25) is 9.13 Å². The average Bonchev–Trinajstić information content (AvgIpc) is 2.95. The monoisotopic (exact) mass is 275 g/mol. The summed E-state index contributed by atoms with van der Waals surface area (Å²) in [7, 11) is 0. The van der Waals surface area contributed by atoms with E-state index in [1.807, 2.05) is 38.4 Å². The van der Waals surface area contributed by atoms with Crippen molar-refractivity contribution < 1.29 is 0 Å². The third kappa shape index (κ3) is 3.16. The summed E-state index contributed by atoms with van der Waals surface area (Å²) < 4.78 is 3.44. The van der Waals surface area contributed by atoms with Crippen LogP contribution in [0.25, 0.3) is 0 Å². The lowest BCUT2D eigenvalue weighted by Gasteiger charge is -2.04. The number of rotatable bonds is 3. The lowest BCUT2D eigenvalue weighted by atomic mass is 10.4. The smallest absolute Gasteiger partial charge is 0.320 e. The van der Waals surface area contributed by atoms with Gasteiger partial charge in [0.15, 0.2) is 0 Å². The molecule has 2 heterocycles. The molecule has 0 aliphatic rings. The molecule has 0 aromatic carbocycles. The van der Waals surface area contributed by atoms with Crippen LogP contribution < -0.4 is 11.4 Å². The zero-order chi connectivity index (χ0) is 13.8. The summed E-state index contributed by atoms with van der Waals surface area (Å²) in [4.78, 5) is 14.2. The van der Waals surface area contributed by atoms with Gasteiger partial charge in [-0.2, -0.15) is 0 Å². The molecule has 100 valence electrons. The number of aromatic nitrogens is 2. The second-order valence-electron chi connectivity index (χ2n) is 4.48. The highest BCUT2D eigenvalue weighted by atomic mass is 32.1. The van der Waals surface area contributed by atoms with Crippen LogP contribution in [0.1, 0.15) is 29.6 Å². The van der Waals surface area contributed by atoms with E-state index in [4.69, 9.17) is 5.73 Å². The Bertz CT molecular complexity index is 667. The summed E-state index contributed by atoms with van der Waals surface area (Å²) in [5, 5.41) is 0. The number of nitrogens with two attached hydrogens (primary N) is 1. The molecular formula is C14H17N3OS. The highest BCUT2D eigenvalue weighted by Crippen LogP contribution is 2.16. The van der Waals surface area contributed by atoms with E-state index in [1.165, 1.54) is 0 Å². The van der Waals surface area contributed by atoms with Gasteiger partial charge < -0.3 is 5.73 Å². The first-order valence-electron chi connectivity index (χ1n) is 6.16. The molecule has 0 amide bonds. The van der Waals surface area contributed by atoms with E-state index in [1.54, 1.807) is 20.5 Å². The second kappa shape index (κ2) is 5.91. The summed E-state index contributed by atoms with van der Waals surface area (Å²) in [6, 6.07) is 4.15. The van der Waals surface area contributed by atoms with Gasteiger partial charge in [0, 0.05) is 23.3 Å². The van der Waals surface area contributed by atoms with Gasteiger partial charge in [-0.1, -0.05) is 11.8 Å². The van der Waals surface area contributed by atoms with E-state index < -0.39 is 0 Å². The zero-order valence-electron chi connectivity index (χ0n) is 11.1. The minimum Gasteiger partial charge on any atom is -0.320 e. The Balaban J connectivity index is 2.18. The van der Waals surface area contributed by atoms with Crippen molar-refractivity contribution in [2.75, 3.05) is 6.54 Å². The molecule has 0 unspecified atom stereocenters. The maximum absolute atomic E-state index is 12.1. The van der Waals surface area contributed by atoms with Crippen LogP contribution in [-0.2, 0) is 6.54 Å². The lowest BCUT2D eigenvalue weighted by Crippen LogP contribution is -2.25. The van der Waals surface area contributed by atoms with E-state index in [2.05, 4.69) is 11.8 Å². The number of thiophene rings is 1. The molecule has 0 aliphatic carbocycles.